The first-order chi connectivity index (χ1) is 4.88. The maximum absolute atomic E-state index is 5.05. The minimum Gasteiger partial charge on any atom is -0.779 e. The first kappa shape index (κ1) is 9.00. The summed E-state index contributed by atoms with van der Waals surface area (Å²) >= 11 is 5.05. The van der Waals surface area contributed by atoms with Crippen molar-refractivity contribution in [2.75, 3.05) is 0 Å². The predicted molar refractivity (Wildman–Crippen MR) is 41.7 cm³/mol. The van der Waals surface area contributed by atoms with Crippen LogP contribution in [0, 0.1) is 0 Å². The molecule has 0 saturated heterocycles. The fourth-order valence-electron chi connectivity index (χ4n) is 0.936. The Morgan fingerprint density at radius 1 is 1.36 bits per heavy atom. The van der Waals surface area contributed by atoms with Crippen LogP contribution in [0.25, 0.3) is 11.0 Å². The predicted octanol–water partition coefficient (Wildman–Crippen LogP) is -1.53. The van der Waals surface area contributed by atoms with Gasteiger partial charge >= 0.3 is 29.6 Å². The summed E-state index contributed by atoms with van der Waals surface area (Å²) in [6.45, 7) is 0. The summed E-state index contributed by atoms with van der Waals surface area (Å²) < 4.78 is 0. The van der Waals surface area contributed by atoms with Crippen molar-refractivity contribution in [3.05, 3.63) is 24.5 Å². The average molecular weight is 172 g/mol. The van der Waals surface area contributed by atoms with Gasteiger partial charge in [-0.1, -0.05) is 6.07 Å². The van der Waals surface area contributed by atoms with Crippen molar-refractivity contribution in [2.45, 2.75) is 4.90 Å². The molecule has 0 saturated carbocycles. The molecule has 0 atom stereocenters. The van der Waals surface area contributed by atoms with E-state index in [1.807, 2.05) is 18.3 Å². The molecule has 0 aliphatic heterocycles. The quantitative estimate of drug-likeness (QED) is 0.386. The van der Waals surface area contributed by atoms with E-state index in [0.717, 1.165) is 15.9 Å². The van der Waals surface area contributed by atoms with Gasteiger partial charge in [0, 0.05) is 12.4 Å². The van der Waals surface area contributed by atoms with Crippen molar-refractivity contribution in [3.63, 3.8) is 0 Å². The Kier molecular flexibility index (Phi) is 2.90. The molecule has 0 amide bonds. The maximum atomic E-state index is 5.05. The molecule has 50 valence electrons. The largest absolute Gasteiger partial charge is 1.00 e. The normalized spacial score (nSPS) is 9.45. The number of nitrogens with one attached hydrogen (secondary N) is 1. The molecule has 0 aliphatic rings. The Labute approximate surface area is 92.1 Å². The number of aromatic nitrogens is 2. The number of nitrogens with zero attached hydrogens (tertiary/aromatic N) is 1. The van der Waals surface area contributed by atoms with E-state index in [0.29, 0.717) is 0 Å². The first-order valence-electron chi connectivity index (χ1n) is 2.97. The molecule has 0 bridgehead atoms. The van der Waals surface area contributed by atoms with E-state index in [9.17, 15) is 0 Å². The second-order valence-corrected chi connectivity index (χ2v) is 2.49. The Morgan fingerprint density at radius 2 is 2.18 bits per heavy atom. The van der Waals surface area contributed by atoms with Gasteiger partial charge in [-0.15, -0.1) is 0 Å². The first-order valence-corrected chi connectivity index (χ1v) is 3.38. The van der Waals surface area contributed by atoms with Crippen molar-refractivity contribution in [3.8, 4) is 0 Å². The van der Waals surface area contributed by atoms with Crippen molar-refractivity contribution in [1.29, 1.82) is 0 Å². The van der Waals surface area contributed by atoms with Crippen LogP contribution in [0.15, 0.2) is 29.4 Å². The molecule has 2 rings (SSSR count). The molecule has 0 unspecified atom stereocenters. The molecule has 0 radical (unpaired) electrons. The molecule has 0 fully saturated rings. The third kappa shape index (κ3) is 1.56. The van der Waals surface area contributed by atoms with Crippen LogP contribution in [-0.4, -0.2) is 9.97 Å². The van der Waals surface area contributed by atoms with E-state index in [1.165, 1.54) is 0 Å². The van der Waals surface area contributed by atoms with Gasteiger partial charge in [-0.05, 0) is 11.5 Å². The molecule has 1 N–H and O–H groups in total. The fourth-order valence-corrected chi connectivity index (χ4v) is 1.16. The molecule has 2 aromatic heterocycles. The number of hydrogen-bond donors (Lipinski definition) is 1. The van der Waals surface area contributed by atoms with E-state index >= 15 is 0 Å². The minimum absolute atomic E-state index is 0. The minimum atomic E-state index is 0. The van der Waals surface area contributed by atoms with Crippen LogP contribution in [0.3, 0.4) is 0 Å². The van der Waals surface area contributed by atoms with Crippen molar-refractivity contribution >= 4 is 23.7 Å². The molecule has 11 heavy (non-hydrogen) atoms. The number of hydrogen-bond acceptors (Lipinski definition) is 2. The van der Waals surface area contributed by atoms with Crippen LogP contribution in [0.5, 0.6) is 0 Å². The monoisotopic (exact) mass is 172 g/mol. The number of H-pyrrole nitrogens is 1. The van der Waals surface area contributed by atoms with Crippen LogP contribution in [-0.2, 0) is 12.6 Å². The Balaban J connectivity index is 0.000000605. The summed E-state index contributed by atoms with van der Waals surface area (Å²) in [6.07, 6.45) is 3.55. The van der Waals surface area contributed by atoms with E-state index in [4.69, 9.17) is 12.6 Å². The van der Waals surface area contributed by atoms with Gasteiger partial charge in [-0.25, -0.2) is 4.98 Å². The number of aromatic amines is 1. The average Bonchev–Trinajstić information content (AvgIpc) is 2.36. The van der Waals surface area contributed by atoms with E-state index in [2.05, 4.69) is 9.97 Å². The van der Waals surface area contributed by atoms with Gasteiger partial charge in [0.15, 0.2) is 0 Å². The second-order valence-electron chi connectivity index (χ2n) is 2.05. The van der Waals surface area contributed by atoms with E-state index < -0.39 is 0 Å². The molecule has 0 aromatic carbocycles. The molecule has 4 heteroatoms. The zero-order chi connectivity index (χ0) is 6.97. The van der Waals surface area contributed by atoms with Gasteiger partial charge in [0.05, 0.1) is 0 Å². The standard InChI is InChI=1S/C7H6N2S.Na/c10-6-2-4-9-7-5(6)1-3-8-7;/h1-4H,(H2,8,9,10);/q;+1/p-1. The fraction of sp³-hybridized carbons (Fsp3) is 0. The van der Waals surface area contributed by atoms with Gasteiger partial charge in [-0.2, -0.15) is 4.90 Å². The van der Waals surface area contributed by atoms with Gasteiger partial charge in [0.2, 0.25) is 0 Å². The molecular formula is C7H5N2NaS. The zero-order valence-electron chi connectivity index (χ0n) is 6.16. The van der Waals surface area contributed by atoms with Crippen molar-refractivity contribution in [1.82, 2.24) is 9.97 Å². The van der Waals surface area contributed by atoms with Crippen LogP contribution >= 0.6 is 0 Å². The Bertz CT molecular complexity index is 358. The second kappa shape index (κ2) is 3.54. The SMILES string of the molecule is [Na+].[S-]c1ccnc2[nH]ccc12. The van der Waals surface area contributed by atoms with E-state index in [-0.39, 0.29) is 29.6 Å². The third-order valence-electron chi connectivity index (χ3n) is 1.42. The van der Waals surface area contributed by atoms with Crippen molar-refractivity contribution in [2.24, 2.45) is 0 Å². The Morgan fingerprint density at radius 3 is 2.91 bits per heavy atom. The smallest absolute Gasteiger partial charge is 0.779 e. The summed E-state index contributed by atoms with van der Waals surface area (Å²) in [6, 6.07) is 3.76. The number of fused-ring (bicyclic) bond motifs is 1. The molecular weight excluding hydrogens is 167 g/mol. The number of pyridine rings is 1. The molecule has 2 nitrogen and oxygen atoms in total. The molecule has 0 aliphatic carbocycles. The van der Waals surface area contributed by atoms with Crippen LogP contribution in [0.2, 0.25) is 0 Å². The zero-order valence-corrected chi connectivity index (χ0v) is 8.98. The third-order valence-corrected chi connectivity index (χ3v) is 1.78. The molecule has 2 heterocycles. The topological polar surface area (TPSA) is 28.7 Å². The van der Waals surface area contributed by atoms with Gasteiger partial charge in [0.25, 0.3) is 0 Å². The summed E-state index contributed by atoms with van der Waals surface area (Å²) in [7, 11) is 0. The van der Waals surface area contributed by atoms with Crippen LogP contribution in [0.4, 0.5) is 0 Å². The molecule has 0 spiro atoms. The van der Waals surface area contributed by atoms with E-state index in [1.54, 1.807) is 6.20 Å². The summed E-state index contributed by atoms with van der Waals surface area (Å²) in [5.74, 6) is 0. The summed E-state index contributed by atoms with van der Waals surface area (Å²) in [5.41, 5.74) is 0.868. The molecule has 2 aromatic rings. The van der Waals surface area contributed by atoms with Crippen molar-refractivity contribution < 1.29 is 29.6 Å². The maximum Gasteiger partial charge on any atom is 1.00 e. The Hall–Kier alpha value is -0.0900. The van der Waals surface area contributed by atoms with Crippen LogP contribution in [0.1, 0.15) is 0 Å². The van der Waals surface area contributed by atoms with Crippen LogP contribution < -0.4 is 29.6 Å². The van der Waals surface area contributed by atoms with Gasteiger partial charge in [0.1, 0.15) is 5.65 Å². The summed E-state index contributed by atoms with van der Waals surface area (Å²) in [5, 5.41) is 1.03. The summed E-state index contributed by atoms with van der Waals surface area (Å²) in [4.78, 5) is 7.92. The van der Waals surface area contributed by atoms with Gasteiger partial charge in [-0.3, -0.25) is 0 Å². The van der Waals surface area contributed by atoms with Gasteiger partial charge < -0.3 is 17.6 Å². The number of rotatable bonds is 0.